The fraction of sp³-hybridized carbons (Fsp3) is 0.400. The number of morpholine rings is 1. The average molecular weight is 214 g/mol. The minimum atomic E-state index is 0.201. The van der Waals surface area contributed by atoms with Gasteiger partial charge in [0.05, 0.1) is 23.9 Å². The van der Waals surface area contributed by atoms with Crippen molar-refractivity contribution < 1.29 is 9.84 Å². The molecule has 1 aromatic rings. The van der Waals surface area contributed by atoms with Gasteiger partial charge in [-0.05, 0) is 12.1 Å². The normalized spacial score (nSPS) is 17.1. The lowest BCUT2D eigenvalue weighted by Crippen LogP contribution is -2.36. The molecule has 76 valence electrons. The van der Waals surface area contributed by atoms with Gasteiger partial charge < -0.3 is 14.7 Å². The van der Waals surface area contributed by atoms with E-state index >= 15 is 0 Å². The van der Waals surface area contributed by atoms with E-state index in [0.717, 1.165) is 32.0 Å². The number of benzene rings is 1. The molecule has 3 nitrogen and oxygen atoms in total. The van der Waals surface area contributed by atoms with E-state index < -0.39 is 0 Å². The van der Waals surface area contributed by atoms with Crippen LogP contribution in [0.2, 0.25) is 5.02 Å². The van der Waals surface area contributed by atoms with Gasteiger partial charge in [0.2, 0.25) is 0 Å². The van der Waals surface area contributed by atoms with Crippen LogP contribution in [0.1, 0.15) is 0 Å². The number of halogens is 1. The van der Waals surface area contributed by atoms with Crippen LogP contribution in [0.25, 0.3) is 0 Å². The van der Waals surface area contributed by atoms with Crippen LogP contribution < -0.4 is 4.90 Å². The van der Waals surface area contributed by atoms with Crippen LogP contribution in [0.3, 0.4) is 0 Å². The van der Waals surface area contributed by atoms with E-state index in [1.807, 2.05) is 6.07 Å². The quantitative estimate of drug-likeness (QED) is 0.773. The molecule has 0 amide bonds. The number of ether oxygens (including phenoxy) is 1. The lowest BCUT2D eigenvalue weighted by molar-refractivity contribution is 0.122. The first kappa shape index (κ1) is 9.62. The third-order valence-electron chi connectivity index (χ3n) is 2.28. The van der Waals surface area contributed by atoms with Gasteiger partial charge in [0.15, 0.2) is 0 Å². The third-order valence-corrected chi connectivity index (χ3v) is 2.59. The van der Waals surface area contributed by atoms with Crippen molar-refractivity contribution in [3.8, 4) is 5.75 Å². The number of aromatic hydroxyl groups is 1. The molecule has 0 aromatic heterocycles. The largest absolute Gasteiger partial charge is 0.508 e. The lowest BCUT2D eigenvalue weighted by atomic mass is 10.2. The summed E-state index contributed by atoms with van der Waals surface area (Å²) in [4.78, 5) is 2.16. The van der Waals surface area contributed by atoms with Gasteiger partial charge in [0, 0.05) is 19.2 Å². The molecule has 1 aliphatic heterocycles. The summed E-state index contributed by atoms with van der Waals surface area (Å²) in [7, 11) is 0. The average Bonchev–Trinajstić information content (AvgIpc) is 2.19. The van der Waals surface area contributed by atoms with Crippen molar-refractivity contribution in [3.63, 3.8) is 0 Å². The van der Waals surface area contributed by atoms with Crippen LogP contribution in [0.15, 0.2) is 18.2 Å². The van der Waals surface area contributed by atoms with Crippen molar-refractivity contribution in [2.75, 3.05) is 31.2 Å². The van der Waals surface area contributed by atoms with Gasteiger partial charge in [0.1, 0.15) is 5.75 Å². The molecule has 0 radical (unpaired) electrons. The van der Waals surface area contributed by atoms with Gasteiger partial charge in [0.25, 0.3) is 0 Å². The van der Waals surface area contributed by atoms with E-state index in [0.29, 0.717) is 5.02 Å². The second-order valence-corrected chi connectivity index (χ2v) is 3.64. The first-order valence-corrected chi connectivity index (χ1v) is 4.96. The van der Waals surface area contributed by atoms with E-state index in [-0.39, 0.29) is 5.75 Å². The standard InChI is InChI=1S/C10H12ClNO2/c11-9-7-8(13)1-2-10(9)12-3-5-14-6-4-12/h1-2,7,13H,3-6H2. The molecule has 0 saturated carbocycles. The van der Waals surface area contributed by atoms with E-state index in [9.17, 15) is 5.11 Å². The second-order valence-electron chi connectivity index (χ2n) is 3.24. The molecule has 4 heteroatoms. The van der Waals surface area contributed by atoms with Crippen molar-refractivity contribution in [2.24, 2.45) is 0 Å². The molecule has 1 fully saturated rings. The maximum absolute atomic E-state index is 9.21. The summed E-state index contributed by atoms with van der Waals surface area (Å²) >= 11 is 6.02. The van der Waals surface area contributed by atoms with Crippen LogP contribution in [-0.4, -0.2) is 31.4 Å². The SMILES string of the molecule is Oc1ccc(N2CCOCC2)c(Cl)c1. The number of rotatable bonds is 1. The Morgan fingerprint density at radius 2 is 2.00 bits per heavy atom. The Balaban J connectivity index is 2.22. The maximum atomic E-state index is 9.21. The highest BCUT2D eigenvalue weighted by atomic mass is 35.5. The Hall–Kier alpha value is -0.930. The molecule has 2 rings (SSSR count). The monoisotopic (exact) mass is 213 g/mol. The number of phenolic OH excluding ortho intramolecular Hbond substituents is 1. The summed E-state index contributed by atoms with van der Waals surface area (Å²) in [6.45, 7) is 3.17. The molecule has 0 bridgehead atoms. The fourth-order valence-electron chi connectivity index (χ4n) is 1.56. The van der Waals surface area contributed by atoms with Crippen molar-refractivity contribution in [3.05, 3.63) is 23.2 Å². The smallest absolute Gasteiger partial charge is 0.117 e. The predicted molar refractivity (Wildman–Crippen MR) is 56.1 cm³/mol. The number of nitrogens with zero attached hydrogens (tertiary/aromatic N) is 1. The Bertz CT molecular complexity index is 324. The summed E-state index contributed by atoms with van der Waals surface area (Å²) in [5.41, 5.74) is 0.966. The highest BCUT2D eigenvalue weighted by Crippen LogP contribution is 2.29. The van der Waals surface area contributed by atoms with E-state index in [1.54, 1.807) is 12.1 Å². The minimum Gasteiger partial charge on any atom is -0.508 e. The zero-order valence-electron chi connectivity index (χ0n) is 7.74. The number of hydrogen-bond donors (Lipinski definition) is 1. The van der Waals surface area contributed by atoms with Crippen LogP contribution in [0.5, 0.6) is 5.75 Å². The van der Waals surface area contributed by atoms with Crippen LogP contribution >= 0.6 is 11.6 Å². The molecular weight excluding hydrogens is 202 g/mol. The van der Waals surface area contributed by atoms with Gasteiger partial charge in [-0.25, -0.2) is 0 Å². The van der Waals surface area contributed by atoms with Crippen molar-refractivity contribution in [1.82, 2.24) is 0 Å². The second kappa shape index (κ2) is 4.07. The van der Waals surface area contributed by atoms with Gasteiger partial charge in [-0.2, -0.15) is 0 Å². The topological polar surface area (TPSA) is 32.7 Å². The molecule has 1 N–H and O–H groups in total. The summed E-state index contributed by atoms with van der Waals surface area (Å²) in [6, 6.07) is 5.05. The Morgan fingerprint density at radius 1 is 1.29 bits per heavy atom. The zero-order chi connectivity index (χ0) is 9.97. The molecule has 1 saturated heterocycles. The molecule has 1 heterocycles. The molecule has 1 aliphatic rings. The molecule has 0 aliphatic carbocycles. The van der Waals surface area contributed by atoms with Crippen LogP contribution in [0, 0.1) is 0 Å². The van der Waals surface area contributed by atoms with Crippen molar-refractivity contribution in [2.45, 2.75) is 0 Å². The van der Waals surface area contributed by atoms with Crippen molar-refractivity contribution >= 4 is 17.3 Å². The number of anilines is 1. The van der Waals surface area contributed by atoms with Gasteiger partial charge in [-0.1, -0.05) is 11.6 Å². The summed E-state index contributed by atoms with van der Waals surface area (Å²) < 4.78 is 5.25. The molecule has 0 atom stereocenters. The maximum Gasteiger partial charge on any atom is 0.117 e. The van der Waals surface area contributed by atoms with Crippen LogP contribution in [-0.2, 0) is 4.74 Å². The first-order valence-electron chi connectivity index (χ1n) is 4.58. The molecular formula is C10H12ClNO2. The molecule has 1 aromatic carbocycles. The van der Waals surface area contributed by atoms with Gasteiger partial charge in [-0.3, -0.25) is 0 Å². The highest BCUT2D eigenvalue weighted by molar-refractivity contribution is 6.33. The van der Waals surface area contributed by atoms with E-state index in [4.69, 9.17) is 16.3 Å². The highest BCUT2D eigenvalue weighted by Gasteiger charge is 2.13. The third kappa shape index (κ3) is 1.94. The molecule has 14 heavy (non-hydrogen) atoms. The van der Waals surface area contributed by atoms with Crippen molar-refractivity contribution in [1.29, 1.82) is 0 Å². The number of phenols is 1. The summed E-state index contributed by atoms with van der Waals surface area (Å²) in [5.74, 6) is 0.201. The Kier molecular flexibility index (Phi) is 2.79. The van der Waals surface area contributed by atoms with Gasteiger partial charge >= 0.3 is 0 Å². The predicted octanol–water partition coefficient (Wildman–Crippen LogP) is 1.88. The Labute approximate surface area is 87.9 Å². The Morgan fingerprint density at radius 3 is 2.64 bits per heavy atom. The van der Waals surface area contributed by atoms with E-state index in [1.165, 1.54) is 0 Å². The fourth-order valence-corrected chi connectivity index (χ4v) is 1.85. The molecule has 0 unspecified atom stereocenters. The lowest BCUT2D eigenvalue weighted by Gasteiger charge is -2.29. The summed E-state index contributed by atoms with van der Waals surface area (Å²) in [5, 5.41) is 9.80. The first-order chi connectivity index (χ1) is 6.77. The number of hydrogen-bond acceptors (Lipinski definition) is 3. The summed E-state index contributed by atoms with van der Waals surface area (Å²) in [6.07, 6.45) is 0. The van der Waals surface area contributed by atoms with E-state index in [2.05, 4.69) is 4.90 Å². The molecule has 0 spiro atoms. The minimum absolute atomic E-state index is 0.201. The zero-order valence-corrected chi connectivity index (χ0v) is 8.50. The van der Waals surface area contributed by atoms with Gasteiger partial charge in [-0.15, -0.1) is 0 Å². The van der Waals surface area contributed by atoms with Crippen LogP contribution in [0.4, 0.5) is 5.69 Å².